The van der Waals surface area contributed by atoms with Gasteiger partial charge in [-0.25, -0.2) is 0 Å². The van der Waals surface area contributed by atoms with Crippen LogP contribution in [0.5, 0.6) is 0 Å². The zero-order chi connectivity index (χ0) is 9.80. The molecule has 2 nitrogen and oxygen atoms in total. The van der Waals surface area contributed by atoms with Crippen molar-refractivity contribution in [2.45, 2.75) is 57.5 Å². The van der Waals surface area contributed by atoms with Crippen LogP contribution in [0.4, 0.5) is 0 Å². The van der Waals surface area contributed by atoms with Crippen molar-refractivity contribution in [1.82, 2.24) is 5.32 Å². The first-order valence-corrected chi connectivity index (χ1v) is 6.80. The lowest BCUT2D eigenvalue weighted by Crippen LogP contribution is -2.36. The van der Waals surface area contributed by atoms with Gasteiger partial charge in [-0.2, -0.15) is 0 Å². The van der Waals surface area contributed by atoms with Crippen LogP contribution in [-0.2, 0) is 0 Å². The number of nitrogens with one attached hydrogen (secondary N) is 1. The van der Waals surface area contributed by atoms with Crippen LogP contribution < -0.4 is 5.32 Å². The predicted octanol–water partition coefficient (Wildman–Crippen LogP) is 2.79. The van der Waals surface area contributed by atoms with Crippen molar-refractivity contribution in [1.29, 1.82) is 0 Å². The number of thioether (sulfide) groups is 1. The molecule has 1 aliphatic heterocycles. The van der Waals surface area contributed by atoms with Crippen molar-refractivity contribution in [2.24, 2.45) is 4.99 Å². The molecule has 14 heavy (non-hydrogen) atoms. The third-order valence-electron chi connectivity index (χ3n) is 3.03. The highest BCUT2D eigenvalue weighted by molar-refractivity contribution is 8.13. The maximum atomic E-state index is 4.81. The lowest BCUT2D eigenvalue weighted by molar-refractivity contribution is 0.442. The molecule has 1 aliphatic carbocycles. The van der Waals surface area contributed by atoms with Gasteiger partial charge in [0.05, 0.1) is 6.04 Å². The zero-order valence-corrected chi connectivity index (χ0v) is 9.78. The Labute approximate surface area is 90.9 Å². The Hall–Kier alpha value is -0.180. The van der Waals surface area contributed by atoms with Crippen LogP contribution in [0.1, 0.15) is 45.4 Å². The van der Waals surface area contributed by atoms with Gasteiger partial charge in [0.15, 0.2) is 5.17 Å². The average Bonchev–Trinajstić information content (AvgIpc) is 2.19. The van der Waals surface area contributed by atoms with E-state index in [1.54, 1.807) is 0 Å². The monoisotopic (exact) mass is 212 g/mol. The van der Waals surface area contributed by atoms with Gasteiger partial charge >= 0.3 is 0 Å². The fraction of sp³-hybridized carbons (Fsp3) is 0.909. The summed E-state index contributed by atoms with van der Waals surface area (Å²) in [5.41, 5.74) is 0. The third kappa shape index (κ3) is 2.91. The largest absolute Gasteiger partial charge is 0.362 e. The van der Waals surface area contributed by atoms with Gasteiger partial charge < -0.3 is 5.32 Å². The van der Waals surface area contributed by atoms with E-state index in [9.17, 15) is 0 Å². The molecule has 0 aromatic carbocycles. The molecule has 1 saturated heterocycles. The molecule has 1 unspecified atom stereocenters. The fourth-order valence-corrected chi connectivity index (χ4v) is 3.28. The molecule has 1 saturated carbocycles. The lowest BCUT2D eigenvalue weighted by Gasteiger charge is -2.25. The number of nitrogens with zero attached hydrogens (tertiary/aromatic N) is 1. The molecule has 3 heteroatoms. The second-order valence-electron chi connectivity index (χ2n) is 4.41. The first-order chi connectivity index (χ1) is 6.84. The topological polar surface area (TPSA) is 24.4 Å². The maximum absolute atomic E-state index is 4.81. The number of rotatable bonds is 1. The van der Waals surface area contributed by atoms with Crippen LogP contribution in [0.15, 0.2) is 4.99 Å². The van der Waals surface area contributed by atoms with E-state index in [0.29, 0.717) is 12.1 Å². The van der Waals surface area contributed by atoms with E-state index in [-0.39, 0.29) is 0 Å². The molecule has 0 bridgehead atoms. The SMILES string of the molecule is CC1CCSC(=NC2CCCCC2)N1. The second-order valence-corrected chi connectivity index (χ2v) is 5.49. The summed E-state index contributed by atoms with van der Waals surface area (Å²) in [6.45, 7) is 2.25. The molecule has 0 aromatic heterocycles. The standard InChI is InChI=1S/C11H20N2S/c1-9-7-8-14-11(12-9)13-10-5-3-2-4-6-10/h9-10H,2-8H2,1H3,(H,12,13). The van der Waals surface area contributed by atoms with Crippen LogP contribution >= 0.6 is 11.8 Å². The molecule has 0 radical (unpaired) electrons. The van der Waals surface area contributed by atoms with E-state index in [1.165, 1.54) is 49.4 Å². The summed E-state index contributed by atoms with van der Waals surface area (Å²) >= 11 is 1.90. The minimum absolute atomic E-state index is 0.615. The highest BCUT2D eigenvalue weighted by Crippen LogP contribution is 2.22. The number of aliphatic imine (C=N–C) groups is 1. The minimum atomic E-state index is 0.615. The van der Waals surface area contributed by atoms with E-state index in [2.05, 4.69) is 12.2 Å². The number of amidine groups is 1. The van der Waals surface area contributed by atoms with E-state index in [1.807, 2.05) is 11.8 Å². The lowest BCUT2D eigenvalue weighted by atomic mass is 9.96. The van der Waals surface area contributed by atoms with Gasteiger partial charge in [0.2, 0.25) is 0 Å². The summed E-state index contributed by atoms with van der Waals surface area (Å²) in [6.07, 6.45) is 8.05. The van der Waals surface area contributed by atoms with Crippen molar-refractivity contribution < 1.29 is 0 Å². The van der Waals surface area contributed by atoms with Gasteiger partial charge in [0.1, 0.15) is 0 Å². The summed E-state index contributed by atoms with van der Waals surface area (Å²) in [4.78, 5) is 4.81. The fourth-order valence-electron chi connectivity index (χ4n) is 2.11. The van der Waals surface area contributed by atoms with Crippen LogP contribution in [0.3, 0.4) is 0 Å². The molecule has 2 rings (SSSR count). The number of hydrogen-bond donors (Lipinski definition) is 1. The molecular weight excluding hydrogens is 192 g/mol. The van der Waals surface area contributed by atoms with Crippen LogP contribution in [0.2, 0.25) is 0 Å². The average molecular weight is 212 g/mol. The molecule has 0 spiro atoms. The van der Waals surface area contributed by atoms with Gasteiger partial charge in [-0.3, -0.25) is 4.99 Å². The minimum Gasteiger partial charge on any atom is -0.362 e. The maximum Gasteiger partial charge on any atom is 0.157 e. The Bertz CT molecular complexity index is 209. The van der Waals surface area contributed by atoms with Crippen molar-refractivity contribution in [2.75, 3.05) is 5.75 Å². The van der Waals surface area contributed by atoms with E-state index in [4.69, 9.17) is 4.99 Å². The van der Waals surface area contributed by atoms with Crippen molar-refractivity contribution in [3.63, 3.8) is 0 Å². The van der Waals surface area contributed by atoms with Crippen molar-refractivity contribution in [3.8, 4) is 0 Å². The first kappa shape index (κ1) is 10.3. The Morgan fingerprint density at radius 3 is 2.71 bits per heavy atom. The normalized spacial score (nSPS) is 32.9. The quantitative estimate of drug-likeness (QED) is 0.723. The predicted molar refractivity (Wildman–Crippen MR) is 64.0 cm³/mol. The van der Waals surface area contributed by atoms with Crippen LogP contribution in [-0.4, -0.2) is 23.0 Å². The van der Waals surface area contributed by atoms with Crippen molar-refractivity contribution in [3.05, 3.63) is 0 Å². The van der Waals surface area contributed by atoms with Gasteiger partial charge in [-0.05, 0) is 26.2 Å². The molecule has 1 N–H and O–H groups in total. The Balaban J connectivity index is 1.88. The smallest absolute Gasteiger partial charge is 0.157 e. The van der Waals surface area contributed by atoms with Gasteiger partial charge in [-0.1, -0.05) is 31.0 Å². The van der Waals surface area contributed by atoms with Gasteiger partial charge in [0.25, 0.3) is 0 Å². The Morgan fingerprint density at radius 2 is 2.00 bits per heavy atom. The third-order valence-corrected chi connectivity index (χ3v) is 3.97. The van der Waals surface area contributed by atoms with Crippen molar-refractivity contribution >= 4 is 16.9 Å². The summed E-state index contributed by atoms with van der Waals surface area (Å²) in [5.74, 6) is 1.24. The molecule has 2 aliphatic rings. The Morgan fingerprint density at radius 1 is 1.21 bits per heavy atom. The second kappa shape index (κ2) is 5.06. The van der Waals surface area contributed by atoms with Gasteiger partial charge in [-0.15, -0.1) is 0 Å². The summed E-state index contributed by atoms with van der Waals surface area (Å²) in [5, 5.41) is 4.68. The molecular formula is C11H20N2S. The zero-order valence-electron chi connectivity index (χ0n) is 8.96. The van der Waals surface area contributed by atoms with E-state index in [0.717, 1.165) is 0 Å². The van der Waals surface area contributed by atoms with Gasteiger partial charge in [0, 0.05) is 11.8 Å². The first-order valence-electron chi connectivity index (χ1n) is 5.82. The molecule has 1 heterocycles. The van der Waals surface area contributed by atoms with E-state index >= 15 is 0 Å². The summed E-state index contributed by atoms with van der Waals surface area (Å²) in [7, 11) is 0. The highest BCUT2D eigenvalue weighted by atomic mass is 32.2. The number of hydrogen-bond acceptors (Lipinski definition) is 2. The van der Waals surface area contributed by atoms with Crippen LogP contribution in [0.25, 0.3) is 0 Å². The molecule has 1 atom stereocenters. The molecule has 80 valence electrons. The summed E-state index contributed by atoms with van der Waals surface area (Å²) in [6, 6.07) is 1.24. The van der Waals surface area contributed by atoms with Crippen LogP contribution in [0, 0.1) is 0 Å². The molecule has 0 amide bonds. The molecule has 2 fully saturated rings. The Kier molecular flexibility index (Phi) is 3.74. The highest BCUT2D eigenvalue weighted by Gasteiger charge is 2.17. The molecule has 0 aromatic rings. The summed E-state index contributed by atoms with van der Waals surface area (Å²) < 4.78 is 0. The van der Waals surface area contributed by atoms with E-state index < -0.39 is 0 Å².